The normalized spacial score (nSPS) is 11.2. The Morgan fingerprint density at radius 1 is 0.800 bits per heavy atom. The largest absolute Gasteiger partial charge is 0.381 e. The number of hydrogen-bond acceptors (Lipinski definition) is 1. The minimum Gasteiger partial charge on any atom is -0.381 e. The van der Waals surface area contributed by atoms with E-state index in [0.717, 1.165) is 19.1 Å². The third-order valence-corrected chi connectivity index (χ3v) is 2.99. The topological polar surface area (TPSA) is 9.23 Å². The minimum atomic E-state index is 0.822. The lowest BCUT2D eigenvalue weighted by atomic mass is 9.96. The van der Waals surface area contributed by atoms with Crippen LogP contribution in [0.25, 0.3) is 0 Å². The molecule has 0 unspecified atom stereocenters. The Labute approximate surface area is 96.6 Å². The molecule has 0 aliphatic rings. The summed E-state index contributed by atoms with van der Waals surface area (Å²) in [5.41, 5.74) is 0. The monoisotopic (exact) mass is 214 g/mol. The molecule has 0 rings (SSSR count). The number of ether oxygens (including phenoxy) is 1. The van der Waals surface area contributed by atoms with Crippen LogP contribution in [0, 0.1) is 5.92 Å². The number of hydrogen-bond donors (Lipinski definition) is 0. The molecule has 15 heavy (non-hydrogen) atoms. The average molecular weight is 214 g/mol. The zero-order valence-corrected chi connectivity index (χ0v) is 11.1. The van der Waals surface area contributed by atoms with Gasteiger partial charge in [0.05, 0.1) is 0 Å². The summed E-state index contributed by atoms with van der Waals surface area (Å²) < 4.78 is 5.56. The molecule has 0 aliphatic carbocycles. The maximum Gasteiger partial charge on any atom is 0.0494 e. The van der Waals surface area contributed by atoms with Crippen molar-refractivity contribution in [2.75, 3.05) is 13.2 Å². The minimum absolute atomic E-state index is 0.822. The fourth-order valence-corrected chi connectivity index (χ4v) is 1.96. The summed E-state index contributed by atoms with van der Waals surface area (Å²) in [4.78, 5) is 0. The van der Waals surface area contributed by atoms with Crippen LogP contribution in [0.3, 0.4) is 0 Å². The van der Waals surface area contributed by atoms with E-state index in [9.17, 15) is 0 Å². The van der Waals surface area contributed by atoms with Gasteiger partial charge in [0, 0.05) is 13.2 Å². The van der Waals surface area contributed by atoms with Crippen LogP contribution in [0.4, 0.5) is 0 Å². The zero-order chi connectivity index (χ0) is 11.4. The van der Waals surface area contributed by atoms with E-state index in [-0.39, 0.29) is 0 Å². The van der Waals surface area contributed by atoms with Crippen LogP contribution in [0.1, 0.15) is 72.1 Å². The zero-order valence-electron chi connectivity index (χ0n) is 11.1. The van der Waals surface area contributed by atoms with Crippen LogP contribution >= 0.6 is 0 Å². The predicted octanol–water partition coefficient (Wildman–Crippen LogP) is 4.80. The highest BCUT2D eigenvalue weighted by atomic mass is 16.5. The SMILES string of the molecule is CCCCCC(CCCCC)COCC. The Morgan fingerprint density at radius 2 is 1.33 bits per heavy atom. The lowest BCUT2D eigenvalue weighted by Gasteiger charge is -2.16. The first-order chi connectivity index (χ1) is 7.35. The Bertz CT molecular complexity index is 102. The molecule has 0 saturated carbocycles. The Balaban J connectivity index is 3.53. The summed E-state index contributed by atoms with van der Waals surface area (Å²) in [7, 11) is 0. The van der Waals surface area contributed by atoms with Crippen LogP contribution < -0.4 is 0 Å². The van der Waals surface area contributed by atoms with Crippen molar-refractivity contribution in [1.82, 2.24) is 0 Å². The lowest BCUT2D eigenvalue weighted by molar-refractivity contribution is 0.101. The van der Waals surface area contributed by atoms with E-state index >= 15 is 0 Å². The van der Waals surface area contributed by atoms with Crippen LogP contribution in [-0.4, -0.2) is 13.2 Å². The molecule has 0 bridgehead atoms. The van der Waals surface area contributed by atoms with Crippen molar-refractivity contribution in [3.05, 3.63) is 0 Å². The highest BCUT2D eigenvalue weighted by Gasteiger charge is 2.07. The summed E-state index contributed by atoms with van der Waals surface area (Å²) >= 11 is 0. The summed E-state index contributed by atoms with van der Waals surface area (Å²) in [6.45, 7) is 8.50. The van der Waals surface area contributed by atoms with Crippen LogP contribution in [0.2, 0.25) is 0 Å². The van der Waals surface area contributed by atoms with Gasteiger partial charge < -0.3 is 4.74 Å². The third-order valence-electron chi connectivity index (χ3n) is 2.99. The first-order valence-electron chi connectivity index (χ1n) is 6.92. The Kier molecular flexibility index (Phi) is 12.0. The van der Waals surface area contributed by atoms with E-state index in [2.05, 4.69) is 20.8 Å². The number of rotatable bonds is 11. The van der Waals surface area contributed by atoms with Crippen molar-refractivity contribution in [2.45, 2.75) is 72.1 Å². The lowest BCUT2D eigenvalue weighted by Crippen LogP contribution is -2.10. The van der Waals surface area contributed by atoms with Gasteiger partial charge in [-0.15, -0.1) is 0 Å². The molecule has 0 amide bonds. The highest BCUT2D eigenvalue weighted by molar-refractivity contribution is 4.59. The van der Waals surface area contributed by atoms with Crippen LogP contribution in [0.5, 0.6) is 0 Å². The Hall–Kier alpha value is -0.0400. The molecule has 0 radical (unpaired) electrons. The molecule has 0 atom stereocenters. The second kappa shape index (κ2) is 12.0. The van der Waals surface area contributed by atoms with Crippen molar-refractivity contribution < 1.29 is 4.74 Å². The van der Waals surface area contributed by atoms with E-state index < -0.39 is 0 Å². The van der Waals surface area contributed by atoms with Gasteiger partial charge in [0.25, 0.3) is 0 Å². The first kappa shape index (κ1) is 15.0. The second-order valence-electron chi connectivity index (χ2n) is 4.52. The van der Waals surface area contributed by atoms with E-state index in [0.29, 0.717) is 0 Å². The van der Waals surface area contributed by atoms with E-state index in [1.807, 2.05) is 0 Å². The van der Waals surface area contributed by atoms with E-state index in [1.165, 1.54) is 51.4 Å². The van der Waals surface area contributed by atoms with Crippen molar-refractivity contribution >= 4 is 0 Å². The Morgan fingerprint density at radius 3 is 1.73 bits per heavy atom. The van der Waals surface area contributed by atoms with Crippen LogP contribution in [0.15, 0.2) is 0 Å². The van der Waals surface area contributed by atoms with Gasteiger partial charge >= 0.3 is 0 Å². The van der Waals surface area contributed by atoms with Crippen molar-refractivity contribution in [3.8, 4) is 0 Å². The maximum absolute atomic E-state index is 5.56. The van der Waals surface area contributed by atoms with Gasteiger partial charge in [-0.1, -0.05) is 52.4 Å². The molecule has 0 spiro atoms. The molecule has 1 heteroatoms. The highest BCUT2D eigenvalue weighted by Crippen LogP contribution is 2.17. The fraction of sp³-hybridized carbons (Fsp3) is 1.00. The molecule has 0 fully saturated rings. The summed E-state index contributed by atoms with van der Waals surface area (Å²) in [5.74, 6) is 0.822. The fourth-order valence-electron chi connectivity index (χ4n) is 1.96. The van der Waals surface area contributed by atoms with Crippen LogP contribution in [-0.2, 0) is 4.74 Å². The summed E-state index contributed by atoms with van der Waals surface area (Å²) in [6, 6.07) is 0. The molecule has 0 aromatic carbocycles. The molecule has 0 N–H and O–H groups in total. The number of unbranched alkanes of at least 4 members (excludes halogenated alkanes) is 4. The predicted molar refractivity (Wildman–Crippen MR) is 68.3 cm³/mol. The van der Waals surface area contributed by atoms with E-state index in [4.69, 9.17) is 4.74 Å². The molecule has 92 valence electrons. The van der Waals surface area contributed by atoms with Gasteiger partial charge in [0.1, 0.15) is 0 Å². The van der Waals surface area contributed by atoms with Crippen molar-refractivity contribution in [2.24, 2.45) is 5.92 Å². The van der Waals surface area contributed by atoms with Gasteiger partial charge in [0.2, 0.25) is 0 Å². The molecule has 0 heterocycles. The quantitative estimate of drug-likeness (QED) is 0.449. The summed E-state index contributed by atoms with van der Waals surface area (Å²) in [5, 5.41) is 0. The molecular weight excluding hydrogens is 184 g/mol. The van der Waals surface area contributed by atoms with Gasteiger partial charge in [-0.2, -0.15) is 0 Å². The third kappa shape index (κ3) is 10.2. The van der Waals surface area contributed by atoms with E-state index in [1.54, 1.807) is 0 Å². The van der Waals surface area contributed by atoms with Crippen molar-refractivity contribution in [1.29, 1.82) is 0 Å². The molecule has 1 nitrogen and oxygen atoms in total. The van der Waals surface area contributed by atoms with Crippen molar-refractivity contribution in [3.63, 3.8) is 0 Å². The first-order valence-corrected chi connectivity index (χ1v) is 6.92. The van der Waals surface area contributed by atoms with Gasteiger partial charge in [-0.3, -0.25) is 0 Å². The van der Waals surface area contributed by atoms with Gasteiger partial charge in [-0.25, -0.2) is 0 Å². The molecular formula is C14H30O. The molecule has 0 saturated heterocycles. The van der Waals surface area contributed by atoms with Gasteiger partial charge in [0.15, 0.2) is 0 Å². The summed E-state index contributed by atoms with van der Waals surface area (Å²) in [6.07, 6.45) is 11.0. The standard InChI is InChI=1S/C14H30O/c1-4-7-9-11-14(13-15-6-3)12-10-8-5-2/h14H,4-13H2,1-3H3. The smallest absolute Gasteiger partial charge is 0.0494 e. The maximum atomic E-state index is 5.56. The average Bonchev–Trinajstić information content (AvgIpc) is 2.25. The molecule has 0 aromatic rings. The van der Waals surface area contributed by atoms with Gasteiger partial charge in [-0.05, 0) is 25.7 Å². The second-order valence-corrected chi connectivity index (χ2v) is 4.52. The molecule has 0 aromatic heterocycles. The molecule has 0 aliphatic heterocycles.